The highest BCUT2D eigenvalue weighted by Crippen LogP contribution is 2.26. The number of ether oxygens (including phenoxy) is 1. The normalized spacial score (nSPS) is 10.8. The molecule has 0 bridgehead atoms. The van der Waals surface area contributed by atoms with Crippen LogP contribution in [0, 0.1) is 0 Å². The van der Waals surface area contributed by atoms with Crippen LogP contribution >= 0.6 is 0 Å². The van der Waals surface area contributed by atoms with E-state index >= 15 is 0 Å². The highest BCUT2D eigenvalue weighted by molar-refractivity contribution is 6.08. The molecule has 5 rings (SSSR count). The molecule has 1 N–H and O–H groups in total. The molecule has 9 nitrogen and oxygen atoms in total. The molecule has 1 aromatic carbocycles. The molecule has 0 saturated heterocycles. The number of anilines is 1. The van der Waals surface area contributed by atoms with Gasteiger partial charge in [0.1, 0.15) is 11.4 Å². The van der Waals surface area contributed by atoms with E-state index in [1.807, 2.05) is 30.3 Å². The Kier molecular flexibility index (Phi) is 5.12. The number of nitrogens with zero attached hydrogens (tertiary/aromatic N) is 6. The predicted molar refractivity (Wildman–Crippen MR) is 124 cm³/mol. The summed E-state index contributed by atoms with van der Waals surface area (Å²) in [6, 6.07) is 14.8. The summed E-state index contributed by atoms with van der Waals surface area (Å²) < 4.78 is 8.36. The van der Waals surface area contributed by atoms with Gasteiger partial charge in [-0.2, -0.15) is 10.2 Å². The largest absolute Gasteiger partial charge is 0.481 e. The van der Waals surface area contributed by atoms with Crippen molar-refractivity contribution in [2.24, 2.45) is 0 Å². The number of hydrogen-bond acceptors (Lipinski definition) is 6. The SMILES string of the molecule is C=Cc1ccc(-n2nc(-c3ccc(OC)nc3)cc2NC(=O)c2cnn3cccnc23)cc1. The summed E-state index contributed by atoms with van der Waals surface area (Å²) in [4.78, 5) is 21.6. The fourth-order valence-corrected chi connectivity index (χ4v) is 3.38. The average molecular weight is 437 g/mol. The van der Waals surface area contributed by atoms with Crippen LogP contribution in [0.4, 0.5) is 5.82 Å². The number of nitrogens with one attached hydrogen (secondary N) is 1. The van der Waals surface area contributed by atoms with E-state index in [0.29, 0.717) is 28.6 Å². The molecule has 0 saturated carbocycles. The summed E-state index contributed by atoms with van der Waals surface area (Å²) >= 11 is 0. The second-order valence-corrected chi connectivity index (χ2v) is 7.11. The van der Waals surface area contributed by atoms with E-state index in [4.69, 9.17) is 9.84 Å². The Balaban J connectivity index is 1.55. The maximum atomic E-state index is 13.1. The van der Waals surface area contributed by atoms with Gasteiger partial charge in [0.25, 0.3) is 5.91 Å². The topological polar surface area (TPSA) is 99.2 Å². The molecule has 0 fully saturated rings. The summed E-state index contributed by atoms with van der Waals surface area (Å²) in [5.41, 5.74) is 4.01. The minimum atomic E-state index is -0.341. The third kappa shape index (κ3) is 3.83. The quantitative estimate of drug-likeness (QED) is 0.433. The lowest BCUT2D eigenvalue weighted by atomic mass is 10.2. The molecular weight excluding hydrogens is 418 g/mol. The van der Waals surface area contributed by atoms with Crippen molar-refractivity contribution in [1.82, 2.24) is 29.4 Å². The van der Waals surface area contributed by atoms with E-state index in [0.717, 1.165) is 16.8 Å². The third-order valence-corrected chi connectivity index (χ3v) is 5.09. The molecule has 1 amide bonds. The number of fused-ring (bicyclic) bond motifs is 1. The Bertz CT molecular complexity index is 1450. The zero-order valence-electron chi connectivity index (χ0n) is 17.7. The van der Waals surface area contributed by atoms with Gasteiger partial charge in [0.15, 0.2) is 5.65 Å². The van der Waals surface area contributed by atoms with E-state index in [1.165, 1.54) is 6.20 Å². The Morgan fingerprint density at radius 1 is 1.12 bits per heavy atom. The van der Waals surface area contributed by atoms with Crippen molar-refractivity contribution in [1.29, 1.82) is 0 Å². The summed E-state index contributed by atoms with van der Waals surface area (Å²) in [6.07, 6.45) is 8.29. The monoisotopic (exact) mass is 437 g/mol. The summed E-state index contributed by atoms with van der Waals surface area (Å²) in [6.45, 7) is 3.79. The molecule has 0 atom stereocenters. The minimum Gasteiger partial charge on any atom is -0.481 e. The van der Waals surface area contributed by atoms with Crippen LogP contribution in [0.3, 0.4) is 0 Å². The second-order valence-electron chi connectivity index (χ2n) is 7.11. The molecule has 9 heteroatoms. The molecule has 0 aliphatic heterocycles. The number of carbonyl (C=O) groups excluding carboxylic acids is 1. The summed E-state index contributed by atoms with van der Waals surface area (Å²) in [5, 5.41) is 11.9. The van der Waals surface area contributed by atoms with Crippen LogP contribution in [0.2, 0.25) is 0 Å². The van der Waals surface area contributed by atoms with Crippen molar-refractivity contribution in [3.8, 4) is 22.8 Å². The van der Waals surface area contributed by atoms with Crippen LogP contribution in [0.25, 0.3) is 28.7 Å². The van der Waals surface area contributed by atoms with E-state index < -0.39 is 0 Å². The van der Waals surface area contributed by atoms with E-state index in [9.17, 15) is 4.79 Å². The number of hydrogen-bond donors (Lipinski definition) is 1. The van der Waals surface area contributed by atoms with Crippen LogP contribution in [0.15, 0.2) is 79.9 Å². The zero-order chi connectivity index (χ0) is 22.8. The Morgan fingerprint density at radius 3 is 2.70 bits per heavy atom. The maximum Gasteiger partial charge on any atom is 0.262 e. The average Bonchev–Trinajstić information content (AvgIpc) is 3.49. The molecule has 33 heavy (non-hydrogen) atoms. The fourth-order valence-electron chi connectivity index (χ4n) is 3.38. The third-order valence-electron chi connectivity index (χ3n) is 5.09. The van der Waals surface area contributed by atoms with Crippen molar-refractivity contribution < 1.29 is 9.53 Å². The molecule has 5 aromatic rings. The van der Waals surface area contributed by atoms with Gasteiger partial charge < -0.3 is 10.1 Å². The first kappa shape index (κ1) is 20.1. The number of carbonyl (C=O) groups is 1. The highest BCUT2D eigenvalue weighted by atomic mass is 16.5. The van der Waals surface area contributed by atoms with Gasteiger partial charge >= 0.3 is 0 Å². The lowest BCUT2D eigenvalue weighted by molar-refractivity contribution is 0.102. The predicted octanol–water partition coefficient (Wildman–Crippen LogP) is 3.88. The smallest absolute Gasteiger partial charge is 0.262 e. The summed E-state index contributed by atoms with van der Waals surface area (Å²) in [7, 11) is 1.56. The van der Waals surface area contributed by atoms with Gasteiger partial charge in [-0.15, -0.1) is 0 Å². The fraction of sp³-hybridized carbons (Fsp3) is 0.0417. The summed E-state index contributed by atoms with van der Waals surface area (Å²) in [5.74, 6) is 0.659. The number of aromatic nitrogens is 6. The van der Waals surface area contributed by atoms with Crippen LogP contribution in [0.5, 0.6) is 5.88 Å². The molecule has 4 heterocycles. The Hall–Kier alpha value is -4.79. The maximum absolute atomic E-state index is 13.1. The van der Waals surface area contributed by atoms with Crippen molar-refractivity contribution in [3.05, 3.63) is 91.0 Å². The van der Waals surface area contributed by atoms with Crippen LogP contribution in [0.1, 0.15) is 15.9 Å². The van der Waals surface area contributed by atoms with Gasteiger partial charge in [-0.25, -0.2) is 19.2 Å². The second kappa shape index (κ2) is 8.39. The molecule has 4 aromatic heterocycles. The number of benzene rings is 1. The van der Waals surface area contributed by atoms with Crippen molar-refractivity contribution in [2.75, 3.05) is 12.4 Å². The van der Waals surface area contributed by atoms with Gasteiger partial charge in [-0.1, -0.05) is 24.8 Å². The van der Waals surface area contributed by atoms with Gasteiger partial charge in [0.2, 0.25) is 5.88 Å². The van der Waals surface area contributed by atoms with Gasteiger partial charge in [-0.05, 0) is 29.8 Å². The minimum absolute atomic E-state index is 0.341. The van der Waals surface area contributed by atoms with E-state index in [-0.39, 0.29) is 5.91 Å². The van der Waals surface area contributed by atoms with Crippen LogP contribution < -0.4 is 10.1 Å². The molecule has 0 aliphatic carbocycles. The molecule has 0 aliphatic rings. The van der Waals surface area contributed by atoms with Gasteiger partial charge in [0, 0.05) is 36.3 Å². The van der Waals surface area contributed by atoms with Gasteiger partial charge in [0.05, 0.1) is 24.7 Å². The number of amides is 1. The van der Waals surface area contributed by atoms with E-state index in [1.54, 1.807) is 59.2 Å². The lowest BCUT2D eigenvalue weighted by Gasteiger charge is -2.08. The first-order valence-electron chi connectivity index (χ1n) is 10.1. The first-order valence-corrected chi connectivity index (χ1v) is 10.1. The van der Waals surface area contributed by atoms with E-state index in [2.05, 4.69) is 27.0 Å². The Labute approximate surface area is 189 Å². The highest BCUT2D eigenvalue weighted by Gasteiger charge is 2.18. The Morgan fingerprint density at radius 2 is 1.97 bits per heavy atom. The lowest BCUT2D eigenvalue weighted by Crippen LogP contribution is -2.15. The first-order chi connectivity index (χ1) is 16.2. The van der Waals surface area contributed by atoms with Crippen LogP contribution in [-0.2, 0) is 0 Å². The molecule has 162 valence electrons. The van der Waals surface area contributed by atoms with Crippen LogP contribution in [-0.4, -0.2) is 42.4 Å². The molecule has 0 unspecified atom stereocenters. The number of rotatable bonds is 6. The van der Waals surface area contributed by atoms with Gasteiger partial charge in [-0.3, -0.25) is 4.79 Å². The molecule has 0 spiro atoms. The number of pyridine rings is 1. The molecular formula is C24H19N7O2. The standard InChI is InChI=1S/C24H19N7O2/c1-3-16-5-8-18(9-6-16)31-21(13-20(29-31)17-7-10-22(33-2)26-14-17)28-24(32)19-15-27-30-12-4-11-25-23(19)30/h3-15H,1H2,2H3,(H,28,32). The molecule has 0 radical (unpaired) electrons. The van der Waals surface area contributed by atoms with Crippen molar-refractivity contribution in [2.45, 2.75) is 0 Å². The number of methoxy groups -OCH3 is 1. The zero-order valence-corrected chi connectivity index (χ0v) is 17.7. The van der Waals surface area contributed by atoms with Crippen molar-refractivity contribution >= 4 is 23.4 Å². The van der Waals surface area contributed by atoms with Crippen molar-refractivity contribution in [3.63, 3.8) is 0 Å².